The summed E-state index contributed by atoms with van der Waals surface area (Å²) in [4.78, 5) is 37.2. The summed E-state index contributed by atoms with van der Waals surface area (Å²) < 4.78 is 0. The third-order valence-corrected chi connectivity index (χ3v) is 4.75. The molecule has 0 aromatic heterocycles. The second kappa shape index (κ2) is 6.68. The molecule has 1 saturated heterocycles. The van der Waals surface area contributed by atoms with E-state index in [-0.39, 0.29) is 23.7 Å². The Kier molecular flexibility index (Phi) is 4.59. The maximum Gasteiger partial charge on any atom is 0.332 e. The summed E-state index contributed by atoms with van der Waals surface area (Å²) in [5.74, 6) is -1.12. The minimum Gasteiger partial charge on any atom is -0.350 e. The molecule has 0 spiro atoms. The molecular weight excluding hydrogens is 344 g/mol. The quantitative estimate of drug-likeness (QED) is 0.490. The van der Waals surface area contributed by atoms with Crippen molar-refractivity contribution in [2.75, 3.05) is 4.90 Å². The fourth-order valence-corrected chi connectivity index (χ4v) is 3.39. The Bertz CT molecular complexity index is 801. The highest BCUT2D eigenvalue weighted by molar-refractivity contribution is 6.30. The zero-order chi connectivity index (χ0) is 18.1. The summed E-state index contributed by atoms with van der Waals surface area (Å²) in [7, 11) is 0. The number of carbonyl (C=O) groups excluding carboxylic acids is 3. The van der Waals surface area contributed by atoms with Gasteiger partial charge in [-0.15, -0.1) is 0 Å². The summed E-state index contributed by atoms with van der Waals surface area (Å²) in [6, 6.07) is 6.07. The van der Waals surface area contributed by atoms with E-state index in [1.807, 2.05) is 6.08 Å². The minimum atomic E-state index is -0.751. The predicted molar refractivity (Wildman–Crippen MR) is 94.0 cm³/mol. The molecule has 130 valence electrons. The van der Waals surface area contributed by atoms with Gasteiger partial charge in [-0.1, -0.05) is 29.8 Å². The number of amides is 4. The number of anilines is 1. The van der Waals surface area contributed by atoms with E-state index in [9.17, 15) is 14.4 Å². The number of hydrazone groups is 1. The third kappa shape index (κ3) is 3.28. The van der Waals surface area contributed by atoms with Crippen LogP contribution in [0.2, 0.25) is 0 Å². The molecule has 0 radical (unpaired) electrons. The molecule has 3 N–H and O–H groups in total. The molecule has 1 aromatic rings. The molecule has 0 saturated carbocycles. The van der Waals surface area contributed by atoms with Gasteiger partial charge in [0.2, 0.25) is 11.8 Å². The predicted octanol–water partition coefficient (Wildman–Crippen LogP) is 2.10. The monoisotopic (exact) mass is 360 g/mol. The highest BCUT2D eigenvalue weighted by Gasteiger charge is 2.48. The largest absolute Gasteiger partial charge is 0.350 e. The van der Waals surface area contributed by atoms with Crippen LogP contribution >= 0.6 is 11.6 Å². The summed E-state index contributed by atoms with van der Waals surface area (Å²) >= 11 is 6.02. The van der Waals surface area contributed by atoms with Gasteiger partial charge in [-0.3, -0.25) is 14.5 Å². The van der Waals surface area contributed by atoms with Gasteiger partial charge in [-0.2, -0.15) is 5.10 Å². The smallest absolute Gasteiger partial charge is 0.332 e. The Morgan fingerprint density at radius 3 is 2.52 bits per heavy atom. The first-order valence-corrected chi connectivity index (χ1v) is 8.19. The van der Waals surface area contributed by atoms with Gasteiger partial charge < -0.3 is 5.73 Å². The van der Waals surface area contributed by atoms with E-state index in [1.54, 1.807) is 31.2 Å². The molecular formula is C17H17ClN4O3. The second-order valence-electron chi connectivity index (χ2n) is 6.04. The lowest BCUT2D eigenvalue weighted by molar-refractivity contribution is -0.122. The molecule has 1 heterocycles. The number of rotatable bonds is 3. The summed E-state index contributed by atoms with van der Waals surface area (Å²) in [6.45, 7) is 1.71. The van der Waals surface area contributed by atoms with E-state index >= 15 is 0 Å². The topological polar surface area (TPSA) is 105 Å². The molecule has 4 amide bonds. The van der Waals surface area contributed by atoms with Crippen molar-refractivity contribution in [3.05, 3.63) is 40.9 Å². The molecule has 1 aromatic carbocycles. The van der Waals surface area contributed by atoms with E-state index in [4.69, 9.17) is 17.3 Å². The van der Waals surface area contributed by atoms with Crippen molar-refractivity contribution >= 4 is 40.8 Å². The third-order valence-electron chi connectivity index (χ3n) is 4.45. The van der Waals surface area contributed by atoms with Gasteiger partial charge in [0.05, 0.1) is 23.2 Å². The van der Waals surface area contributed by atoms with E-state index in [0.29, 0.717) is 29.3 Å². The number of hydrogen-bond acceptors (Lipinski definition) is 4. The number of allylic oxidation sites excluding steroid dienone is 2. The lowest BCUT2D eigenvalue weighted by Gasteiger charge is -2.17. The van der Waals surface area contributed by atoms with Crippen LogP contribution in [0.25, 0.3) is 0 Å². The lowest BCUT2D eigenvalue weighted by Crippen LogP contribution is -2.30. The molecule has 3 rings (SSSR count). The molecule has 0 bridgehead atoms. The summed E-state index contributed by atoms with van der Waals surface area (Å²) in [5.41, 5.74) is 8.93. The minimum absolute atomic E-state index is 0.191. The van der Waals surface area contributed by atoms with Crippen molar-refractivity contribution in [2.45, 2.75) is 19.8 Å². The molecule has 0 unspecified atom stereocenters. The second-order valence-corrected chi connectivity index (χ2v) is 6.52. The first-order chi connectivity index (χ1) is 11.9. The fraction of sp³-hybridized carbons (Fsp3) is 0.294. The van der Waals surface area contributed by atoms with Crippen LogP contribution in [0.3, 0.4) is 0 Å². The van der Waals surface area contributed by atoms with Gasteiger partial charge in [-0.05, 0) is 37.5 Å². The number of primary amides is 1. The van der Waals surface area contributed by atoms with E-state index in [2.05, 4.69) is 10.5 Å². The molecule has 1 aliphatic carbocycles. The molecule has 1 aliphatic heterocycles. The normalized spacial score (nSPS) is 23.4. The van der Waals surface area contributed by atoms with E-state index in [0.717, 1.165) is 5.56 Å². The number of halogens is 1. The van der Waals surface area contributed by atoms with Gasteiger partial charge in [-0.25, -0.2) is 10.2 Å². The highest BCUT2D eigenvalue weighted by atomic mass is 35.5. The number of nitrogens with one attached hydrogen (secondary N) is 1. The average Bonchev–Trinajstić information content (AvgIpc) is 2.83. The number of imide groups is 1. The zero-order valence-corrected chi connectivity index (χ0v) is 14.3. The molecule has 2 atom stereocenters. The van der Waals surface area contributed by atoms with Crippen molar-refractivity contribution in [1.82, 2.24) is 5.43 Å². The lowest BCUT2D eigenvalue weighted by atomic mass is 9.85. The first-order valence-electron chi connectivity index (χ1n) is 7.81. The van der Waals surface area contributed by atoms with Crippen LogP contribution in [-0.2, 0) is 9.59 Å². The van der Waals surface area contributed by atoms with E-state index < -0.39 is 6.03 Å². The fourth-order valence-electron chi connectivity index (χ4n) is 3.14. The van der Waals surface area contributed by atoms with Crippen molar-refractivity contribution in [2.24, 2.45) is 22.7 Å². The van der Waals surface area contributed by atoms with Crippen molar-refractivity contribution in [1.29, 1.82) is 0 Å². The van der Waals surface area contributed by atoms with Gasteiger partial charge in [0.1, 0.15) is 0 Å². The number of nitrogens with zero attached hydrogens (tertiary/aromatic N) is 2. The van der Waals surface area contributed by atoms with Gasteiger partial charge in [0, 0.05) is 5.03 Å². The maximum absolute atomic E-state index is 12.6. The Balaban J connectivity index is 1.81. The molecule has 25 heavy (non-hydrogen) atoms. The van der Waals surface area contributed by atoms with Crippen LogP contribution in [0.5, 0.6) is 0 Å². The number of nitrogens with two attached hydrogens (primary N) is 1. The summed E-state index contributed by atoms with van der Waals surface area (Å²) in [6.07, 6.45) is 2.72. The number of urea groups is 1. The number of hydrogen-bond donors (Lipinski definition) is 2. The van der Waals surface area contributed by atoms with E-state index in [1.165, 1.54) is 4.90 Å². The highest BCUT2D eigenvalue weighted by Crippen LogP contribution is 2.40. The van der Waals surface area contributed by atoms with Crippen LogP contribution in [0.1, 0.15) is 25.3 Å². The maximum atomic E-state index is 12.6. The van der Waals surface area contributed by atoms with Gasteiger partial charge in [0.25, 0.3) is 0 Å². The Morgan fingerprint density at radius 2 is 1.88 bits per heavy atom. The Morgan fingerprint density at radius 1 is 1.24 bits per heavy atom. The van der Waals surface area contributed by atoms with Crippen molar-refractivity contribution in [3.8, 4) is 0 Å². The van der Waals surface area contributed by atoms with Crippen LogP contribution in [0.15, 0.2) is 40.5 Å². The molecule has 7 nitrogen and oxygen atoms in total. The van der Waals surface area contributed by atoms with Crippen LogP contribution in [-0.4, -0.2) is 23.6 Å². The van der Waals surface area contributed by atoms with Crippen LogP contribution < -0.4 is 16.1 Å². The van der Waals surface area contributed by atoms with Gasteiger partial charge >= 0.3 is 6.03 Å². The first kappa shape index (κ1) is 17.2. The zero-order valence-electron chi connectivity index (χ0n) is 13.5. The van der Waals surface area contributed by atoms with Gasteiger partial charge in [0.15, 0.2) is 0 Å². The molecule has 8 heteroatoms. The standard InChI is InChI=1S/C17H17ClN4O3/c1-9(20-21-17(19)25)10-2-5-12(6-3-10)22-15(23)13-7-4-11(18)8-14(13)16(22)24/h2-6,13-14H,7-8H2,1H3,(H3,19,21,25)/b20-9-/t13-,14+/m1/s1. The van der Waals surface area contributed by atoms with Crippen LogP contribution in [0.4, 0.5) is 10.5 Å². The molecule has 1 fully saturated rings. The molecule has 2 aliphatic rings. The number of benzene rings is 1. The van der Waals surface area contributed by atoms with Crippen molar-refractivity contribution in [3.63, 3.8) is 0 Å². The SMILES string of the molecule is C/C(=N/NC(N)=O)c1ccc(N2C(=O)[C@H]3CC(Cl)=CC[C@H]3C2=O)cc1. The van der Waals surface area contributed by atoms with Crippen molar-refractivity contribution < 1.29 is 14.4 Å². The number of carbonyl (C=O) groups is 3. The Labute approximate surface area is 149 Å². The summed E-state index contributed by atoms with van der Waals surface area (Å²) in [5, 5.41) is 4.47. The Hall–Kier alpha value is -2.67. The average molecular weight is 361 g/mol. The number of fused-ring (bicyclic) bond motifs is 1. The van der Waals surface area contributed by atoms with Crippen LogP contribution in [0, 0.1) is 11.8 Å².